The van der Waals surface area contributed by atoms with Crippen LogP contribution in [0.1, 0.15) is 19.4 Å². The number of benzene rings is 1. The number of hydrogen-bond donors (Lipinski definition) is 1. The highest BCUT2D eigenvalue weighted by Gasteiger charge is 2.39. The van der Waals surface area contributed by atoms with Crippen LogP contribution in [0.25, 0.3) is 0 Å². The minimum absolute atomic E-state index is 0.304. The van der Waals surface area contributed by atoms with Crippen molar-refractivity contribution in [3.8, 4) is 0 Å². The van der Waals surface area contributed by atoms with E-state index in [1.165, 1.54) is 6.08 Å². The van der Waals surface area contributed by atoms with E-state index < -0.39 is 24.1 Å². The Labute approximate surface area is 142 Å². The quantitative estimate of drug-likeness (QED) is 0.774. The van der Waals surface area contributed by atoms with Crippen LogP contribution in [0.15, 0.2) is 54.1 Å². The maximum Gasteiger partial charge on any atom is 0.163 e. The Kier molecular flexibility index (Phi) is 6.39. The van der Waals surface area contributed by atoms with E-state index in [1.807, 2.05) is 44.2 Å². The summed E-state index contributed by atoms with van der Waals surface area (Å²) in [6, 6.07) is 9.73. The molecule has 0 spiro atoms. The van der Waals surface area contributed by atoms with Gasteiger partial charge in [0.15, 0.2) is 5.79 Å². The highest BCUT2D eigenvalue weighted by Crippen LogP contribution is 2.27. The van der Waals surface area contributed by atoms with Crippen molar-refractivity contribution in [1.29, 1.82) is 0 Å². The van der Waals surface area contributed by atoms with Crippen molar-refractivity contribution in [2.75, 3.05) is 6.61 Å². The van der Waals surface area contributed by atoms with Gasteiger partial charge in [0.05, 0.1) is 13.2 Å². The second-order valence-electron chi connectivity index (χ2n) is 5.87. The fourth-order valence-electron chi connectivity index (χ4n) is 2.33. The summed E-state index contributed by atoms with van der Waals surface area (Å²) in [4.78, 5) is 0. The molecule has 1 saturated heterocycles. The van der Waals surface area contributed by atoms with Crippen LogP contribution in [0.2, 0.25) is 0 Å². The molecule has 126 valence electrons. The molecular formula is C18H23ClO4. The number of halogens is 1. The first-order valence-corrected chi connectivity index (χ1v) is 7.94. The lowest BCUT2D eigenvalue weighted by molar-refractivity contribution is -0.161. The Morgan fingerprint density at radius 2 is 2.17 bits per heavy atom. The molecule has 1 fully saturated rings. The van der Waals surface area contributed by atoms with Crippen LogP contribution in [0.4, 0.5) is 0 Å². The molecule has 0 saturated carbocycles. The van der Waals surface area contributed by atoms with Gasteiger partial charge >= 0.3 is 0 Å². The van der Waals surface area contributed by atoms with E-state index in [9.17, 15) is 5.11 Å². The zero-order valence-electron chi connectivity index (χ0n) is 13.4. The van der Waals surface area contributed by atoms with Crippen LogP contribution in [0, 0.1) is 0 Å². The molecule has 1 aliphatic rings. The largest absolute Gasteiger partial charge is 0.387 e. The summed E-state index contributed by atoms with van der Waals surface area (Å²) in [6.45, 7) is 7.90. The van der Waals surface area contributed by atoms with Gasteiger partial charge in [-0.25, -0.2) is 0 Å². The van der Waals surface area contributed by atoms with Crippen molar-refractivity contribution in [2.45, 2.75) is 44.6 Å². The van der Waals surface area contributed by atoms with Gasteiger partial charge in [-0.15, -0.1) is 0 Å². The van der Waals surface area contributed by atoms with Crippen molar-refractivity contribution < 1.29 is 19.3 Å². The number of aliphatic hydroxyl groups is 1. The Hall–Kier alpha value is -1.17. The summed E-state index contributed by atoms with van der Waals surface area (Å²) in [6.07, 6.45) is 1.15. The molecule has 0 amide bonds. The molecule has 4 nitrogen and oxygen atoms in total. The maximum absolute atomic E-state index is 10.6. The molecule has 0 radical (unpaired) electrons. The zero-order chi connectivity index (χ0) is 16.9. The molecule has 5 heteroatoms. The molecule has 0 aliphatic carbocycles. The molecule has 1 aromatic rings. The fraction of sp³-hybridized carbons (Fsp3) is 0.444. The van der Waals surface area contributed by atoms with Crippen LogP contribution in [0.3, 0.4) is 0 Å². The predicted molar refractivity (Wildman–Crippen MR) is 90.1 cm³/mol. The SMILES string of the molecule is C=C/C(Cl)=C\[C@@H](OCc1ccccc1)[C@H](O)[C@H]1COC(C)(C)O1. The van der Waals surface area contributed by atoms with E-state index in [4.69, 9.17) is 25.8 Å². The summed E-state index contributed by atoms with van der Waals surface area (Å²) in [7, 11) is 0. The first kappa shape index (κ1) is 18.2. The predicted octanol–water partition coefficient (Wildman–Crippen LogP) is 3.39. The van der Waals surface area contributed by atoms with Crippen LogP contribution in [-0.4, -0.2) is 35.8 Å². The third-order valence-electron chi connectivity index (χ3n) is 3.55. The Balaban J connectivity index is 2.06. The molecule has 1 aromatic carbocycles. The van der Waals surface area contributed by atoms with Gasteiger partial charge < -0.3 is 19.3 Å². The van der Waals surface area contributed by atoms with Crippen LogP contribution in [-0.2, 0) is 20.8 Å². The highest BCUT2D eigenvalue weighted by atomic mass is 35.5. The summed E-state index contributed by atoms with van der Waals surface area (Å²) >= 11 is 6.03. The van der Waals surface area contributed by atoms with Gasteiger partial charge in [-0.3, -0.25) is 0 Å². The topological polar surface area (TPSA) is 47.9 Å². The highest BCUT2D eigenvalue weighted by molar-refractivity contribution is 6.31. The van der Waals surface area contributed by atoms with E-state index in [0.717, 1.165) is 5.56 Å². The average molecular weight is 339 g/mol. The lowest BCUT2D eigenvalue weighted by atomic mass is 10.1. The third kappa shape index (κ3) is 5.44. The van der Waals surface area contributed by atoms with Gasteiger partial charge in [-0.05, 0) is 25.5 Å². The molecule has 0 bridgehead atoms. The molecule has 1 heterocycles. The molecule has 1 N–H and O–H groups in total. The molecule has 0 aromatic heterocycles. The molecule has 0 unspecified atom stereocenters. The van der Waals surface area contributed by atoms with Gasteiger partial charge in [0.1, 0.15) is 18.3 Å². The van der Waals surface area contributed by atoms with Crippen molar-refractivity contribution in [3.63, 3.8) is 0 Å². The van der Waals surface area contributed by atoms with Gasteiger partial charge in [0.25, 0.3) is 0 Å². The van der Waals surface area contributed by atoms with Crippen molar-refractivity contribution in [1.82, 2.24) is 0 Å². The van der Waals surface area contributed by atoms with Gasteiger partial charge in [0.2, 0.25) is 0 Å². The van der Waals surface area contributed by atoms with E-state index in [0.29, 0.717) is 18.2 Å². The minimum atomic E-state index is -0.894. The summed E-state index contributed by atoms with van der Waals surface area (Å²) in [5, 5.41) is 11.0. The van der Waals surface area contributed by atoms with Crippen LogP contribution in [0.5, 0.6) is 0 Å². The van der Waals surface area contributed by atoms with Crippen molar-refractivity contribution in [3.05, 3.63) is 59.7 Å². The molecule has 1 aliphatic heterocycles. The van der Waals surface area contributed by atoms with E-state index in [2.05, 4.69) is 6.58 Å². The first-order chi connectivity index (χ1) is 10.9. The third-order valence-corrected chi connectivity index (χ3v) is 3.83. The molecule has 23 heavy (non-hydrogen) atoms. The van der Waals surface area contributed by atoms with Gasteiger partial charge in [0, 0.05) is 5.03 Å². The van der Waals surface area contributed by atoms with Crippen molar-refractivity contribution >= 4 is 11.6 Å². The normalized spacial score (nSPS) is 23.5. The smallest absolute Gasteiger partial charge is 0.163 e. The van der Waals surface area contributed by atoms with Gasteiger partial charge in [-0.1, -0.05) is 54.6 Å². The number of allylic oxidation sites excluding steroid dienone is 2. The number of ether oxygens (including phenoxy) is 3. The maximum atomic E-state index is 10.6. The van der Waals surface area contributed by atoms with Crippen LogP contribution < -0.4 is 0 Å². The van der Waals surface area contributed by atoms with E-state index in [1.54, 1.807) is 6.08 Å². The fourth-order valence-corrected chi connectivity index (χ4v) is 2.46. The monoisotopic (exact) mass is 338 g/mol. The summed E-state index contributed by atoms with van der Waals surface area (Å²) < 4.78 is 17.1. The second kappa shape index (κ2) is 8.08. The second-order valence-corrected chi connectivity index (χ2v) is 6.31. The minimum Gasteiger partial charge on any atom is -0.387 e. The number of hydrogen-bond acceptors (Lipinski definition) is 4. The summed E-state index contributed by atoms with van der Waals surface area (Å²) in [5.74, 6) is -0.707. The molecule has 3 atom stereocenters. The lowest BCUT2D eigenvalue weighted by Gasteiger charge is -2.26. The van der Waals surface area contributed by atoms with Crippen molar-refractivity contribution in [2.24, 2.45) is 0 Å². The lowest BCUT2D eigenvalue weighted by Crippen LogP contribution is -2.40. The molecular weight excluding hydrogens is 316 g/mol. The summed E-state index contributed by atoms with van der Waals surface area (Å²) in [5.41, 5.74) is 1.01. The van der Waals surface area contributed by atoms with Gasteiger partial charge in [-0.2, -0.15) is 0 Å². The first-order valence-electron chi connectivity index (χ1n) is 7.56. The van der Waals surface area contributed by atoms with E-state index >= 15 is 0 Å². The Bertz CT molecular complexity index is 541. The van der Waals surface area contributed by atoms with E-state index in [-0.39, 0.29) is 0 Å². The molecule has 2 rings (SSSR count). The van der Waals surface area contributed by atoms with Crippen LogP contribution >= 0.6 is 11.6 Å². The average Bonchev–Trinajstić information content (AvgIpc) is 2.91. The Morgan fingerprint density at radius 1 is 1.48 bits per heavy atom. The Morgan fingerprint density at radius 3 is 2.74 bits per heavy atom. The number of rotatable bonds is 7. The number of aliphatic hydroxyl groups excluding tert-OH is 1. The standard InChI is InChI=1S/C18H23ClO4/c1-4-14(19)10-15(21-11-13-8-6-5-7-9-13)17(20)16-12-22-18(2,3)23-16/h4-10,15-17,20H,1,11-12H2,2-3H3/b14-10+/t15-,16-,17+/m1/s1. The zero-order valence-corrected chi connectivity index (χ0v) is 14.2.